The molecule has 3 rings (SSSR count). The number of carbonyl (C=O) groups is 1. The highest BCUT2D eigenvalue weighted by atomic mass is 16.2. The largest absolute Gasteiger partial charge is 0.346 e. The van der Waals surface area contributed by atoms with Gasteiger partial charge in [0, 0.05) is 18.9 Å². The predicted octanol–water partition coefficient (Wildman–Crippen LogP) is 2.23. The van der Waals surface area contributed by atoms with Crippen LogP contribution in [0.1, 0.15) is 30.9 Å². The monoisotopic (exact) mass is 312 g/mol. The summed E-state index contributed by atoms with van der Waals surface area (Å²) in [6, 6.07) is 12.1. The first kappa shape index (κ1) is 15.7. The van der Waals surface area contributed by atoms with Crippen molar-refractivity contribution in [2.24, 2.45) is 0 Å². The zero-order chi connectivity index (χ0) is 15.9. The summed E-state index contributed by atoms with van der Waals surface area (Å²) in [4.78, 5) is 14.8. The summed E-state index contributed by atoms with van der Waals surface area (Å²) in [7, 11) is 0. The smallest absolute Gasteiger partial charge is 0.242 e. The summed E-state index contributed by atoms with van der Waals surface area (Å²) in [5.41, 5.74) is 1.16. The average Bonchev–Trinajstić information content (AvgIpc) is 3.09. The maximum Gasteiger partial charge on any atom is 0.242 e. The molecule has 0 radical (unpaired) electrons. The van der Waals surface area contributed by atoms with Crippen LogP contribution in [0.5, 0.6) is 0 Å². The van der Waals surface area contributed by atoms with Gasteiger partial charge < -0.3 is 10.2 Å². The van der Waals surface area contributed by atoms with Gasteiger partial charge in [0.25, 0.3) is 0 Å². The number of hydrogen-bond acceptors (Lipinski definition) is 3. The van der Waals surface area contributed by atoms with Crippen molar-refractivity contribution in [1.82, 2.24) is 20.0 Å². The average molecular weight is 312 g/mol. The highest BCUT2D eigenvalue weighted by Gasteiger charge is 2.19. The van der Waals surface area contributed by atoms with Crippen molar-refractivity contribution >= 4 is 5.91 Å². The minimum Gasteiger partial charge on any atom is -0.346 e. The minimum atomic E-state index is -0.000405. The molecule has 0 aliphatic carbocycles. The SMILES string of the molecule is O=C(Cn1cccn1)NC(CN1CCCCC1)c1ccccc1. The van der Waals surface area contributed by atoms with E-state index in [1.54, 1.807) is 10.9 Å². The number of nitrogens with zero attached hydrogens (tertiary/aromatic N) is 3. The lowest BCUT2D eigenvalue weighted by Crippen LogP contribution is -2.41. The number of hydrogen-bond donors (Lipinski definition) is 1. The molecule has 0 bridgehead atoms. The lowest BCUT2D eigenvalue weighted by molar-refractivity contribution is -0.122. The van der Waals surface area contributed by atoms with E-state index in [9.17, 15) is 4.79 Å². The lowest BCUT2D eigenvalue weighted by Gasteiger charge is -2.31. The Morgan fingerprint density at radius 3 is 2.61 bits per heavy atom. The van der Waals surface area contributed by atoms with Gasteiger partial charge in [-0.2, -0.15) is 5.10 Å². The molecule has 1 fully saturated rings. The summed E-state index contributed by atoms with van der Waals surface area (Å²) in [6.07, 6.45) is 7.32. The maximum atomic E-state index is 12.3. The van der Waals surface area contributed by atoms with Gasteiger partial charge in [-0.15, -0.1) is 0 Å². The standard InChI is InChI=1S/C18H24N4O/c23-18(15-22-13-7-10-19-22)20-17(16-8-3-1-4-9-16)14-21-11-5-2-6-12-21/h1,3-4,7-10,13,17H,2,5-6,11-12,14-15H2,(H,20,23). The van der Waals surface area contributed by atoms with Crippen LogP contribution in [0.25, 0.3) is 0 Å². The molecule has 1 aromatic heterocycles. The molecule has 1 aliphatic heterocycles. The van der Waals surface area contributed by atoms with Crippen LogP contribution >= 0.6 is 0 Å². The van der Waals surface area contributed by atoms with Crippen molar-refractivity contribution in [3.05, 3.63) is 54.4 Å². The molecule has 1 aliphatic rings. The van der Waals surface area contributed by atoms with Crippen LogP contribution in [-0.4, -0.2) is 40.2 Å². The lowest BCUT2D eigenvalue weighted by atomic mass is 10.0. The summed E-state index contributed by atoms with van der Waals surface area (Å²) < 4.78 is 1.65. The number of aromatic nitrogens is 2. The van der Waals surface area contributed by atoms with Crippen LogP contribution in [0.2, 0.25) is 0 Å². The minimum absolute atomic E-state index is 0.000405. The molecule has 1 unspecified atom stereocenters. The molecular formula is C18H24N4O. The first-order chi connectivity index (χ1) is 11.3. The van der Waals surface area contributed by atoms with E-state index in [-0.39, 0.29) is 18.5 Å². The van der Waals surface area contributed by atoms with Crippen molar-refractivity contribution in [2.75, 3.05) is 19.6 Å². The second kappa shape index (κ2) is 7.92. The van der Waals surface area contributed by atoms with Gasteiger partial charge in [0.1, 0.15) is 6.54 Å². The molecule has 5 heteroatoms. The van der Waals surface area contributed by atoms with E-state index in [2.05, 4.69) is 27.4 Å². The summed E-state index contributed by atoms with van der Waals surface area (Å²) in [6.45, 7) is 3.38. The molecular weight excluding hydrogens is 288 g/mol. The first-order valence-electron chi connectivity index (χ1n) is 8.35. The Morgan fingerprint density at radius 1 is 1.13 bits per heavy atom. The summed E-state index contributed by atoms with van der Waals surface area (Å²) >= 11 is 0. The predicted molar refractivity (Wildman–Crippen MR) is 89.8 cm³/mol. The van der Waals surface area contributed by atoms with Gasteiger partial charge in [0.2, 0.25) is 5.91 Å². The Bertz CT molecular complexity index is 591. The number of piperidine rings is 1. The maximum absolute atomic E-state index is 12.3. The molecule has 2 aromatic rings. The van der Waals surface area contributed by atoms with E-state index in [0.29, 0.717) is 0 Å². The molecule has 1 aromatic carbocycles. The van der Waals surface area contributed by atoms with E-state index < -0.39 is 0 Å². The molecule has 0 saturated carbocycles. The second-order valence-corrected chi connectivity index (χ2v) is 6.10. The highest BCUT2D eigenvalue weighted by Crippen LogP contribution is 2.17. The topological polar surface area (TPSA) is 50.2 Å². The highest BCUT2D eigenvalue weighted by molar-refractivity contribution is 5.76. The Morgan fingerprint density at radius 2 is 1.91 bits per heavy atom. The summed E-state index contributed by atoms with van der Waals surface area (Å²) in [5.74, 6) is -0.000405. The van der Waals surface area contributed by atoms with Crippen LogP contribution < -0.4 is 5.32 Å². The Kier molecular flexibility index (Phi) is 5.42. The fourth-order valence-electron chi connectivity index (χ4n) is 3.10. The molecule has 2 heterocycles. The van der Waals surface area contributed by atoms with Crippen molar-refractivity contribution in [2.45, 2.75) is 31.8 Å². The normalized spacial score (nSPS) is 16.9. The van der Waals surface area contributed by atoms with Gasteiger partial charge in [-0.3, -0.25) is 9.48 Å². The van der Waals surface area contributed by atoms with Crippen molar-refractivity contribution in [3.8, 4) is 0 Å². The molecule has 1 atom stereocenters. The number of benzene rings is 1. The molecule has 1 N–H and O–H groups in total. The van der Waals surface area contributed by atoms with E-state index in [1.165, 1.54) is 19.3 Å². The Hall–Kier alpha value is -2.14. The molecule has 5 nitrogen and oxygen atoms in total. The third kappa shape index (κ3) is 4.66. The van der Waals surface area contributed by atoms with Crippen LogP contribution in [0.15, 0.2) is 48.8 Å². The van der Waals surface area contributed by atoms with E-state index >= 15 is 0 Å². The van der Waals surface area contributed by atoms with Crippen LogP contribution in [0.3, 0.4) is 0 Å². The Balaban J connectivity index is 1.65. The summed E-state index contributed by atoms with van der Waals surface area (Å²) in [5, 5.41) is 7.27. The van der Waals surface area contributed by atoms with Gasteiger partial charge in [-0.1, -0.05) is 36.8 Å². The van der Waals surface area contributed by atoms with Crippen LogP contribution in [0.4, 0.5) is 0 Å². The van der Waals surface area contributed by atoms with Crippen molar-refractivity contribution < 1.29 is 4.79 Å². The van der Waals surface area contributed by atoms with Crippen molar-refractivity contribution in [3.63, 3.8) is 0 Å². The van der Waals surface area contributed by atoms with Crippen LogP contribution in [0, 0.1) is 0 Å². The van der Waals surface area contributed by atoms with Gasteiger partial charge in [-0.05, 0) is 37.6 Å². The van der Waals surface area contributed by atoms with Gasteiger partial charge in [-0.25, -0.2) is 0 Å². The second-order valence-electron chi connectivity index (χ2n) is 6.10. The zero-order valence-corrected chi connectivity index (χ0v) is 13.4. The number of nitrogens with one attached hydrogen (secondary N) is 1. The first-order valence-corrected chi connectivity index (χ1v) is 8.35. The Labute approximate surface area is 137 Å². The number of rotatable bonds is 6. The number of likely N-dealkylation sites (tertiary alicyclic amines) is 1. The third-order valence-corrected chi connectivity index (χ3v) is 4.29. The molecule has 1 amide bonds. The van der Waals surface area contributed by atoms with E-state index in [4.69, 9.17) is 0 Å². The fraction of sp³-hybridized carbons (Fsp3) is 0.444. The number of amides is 1. The van der Waals surface area contributed by atoms with Gasteiger partial charge in [0.05, 0.1) is 6.04 Å². The van der Waals surface area contributed by atoms with Gasteiger partial charge in [0.15, 0.2) is 0 Å². The van der Waals surface area contributed by atoms with Crippen LogP contribution in [-0.2, 0) is 11.3 Å². The molecule has 0 spiro atoms. The molecule has 1 saturated heterocycles. The van der Waals surface area contributed by atoms with E-state index in [1.807, 2.05) is 30.5 Å². The quantitative estimate of drug-likeness (QED) is 0.890. The van der Waals surface area contributed by atoms with Crippen molar-refractivity contribution in [1.29, 1.82) is 0 Å². The third-order valence-electron chi connectivity index (χ3n) is 4.29. The number of carbonyl (C=O) groups excluding carboxylic acids is 1. The van der Waals surface area contributed by atoms with E-state index in [0.717, 1.165) is 25.2 Å². The molecule has 23 heavy (non-hydrogen) atoms. The molecule has 122 valence electrons. The zero-order valence-electron chi connectivity index (χ0n) is 13.4. The van der Waals surface area contributed by atoms with Gasteiger partial charge >= 0.3 is 0 Å². The fourth-order valence-corrected chi connectivity index (χ4v) is 3.10.